The van der Waals surface area contributed by atoms with E-state index in [2.05, 4.69) is 21.2 Å². The van der Waals surface area contributed by atoms with Gasteiger partial charge in [-0.25, -0.2) is 0 Å². The second kappa shape index (κ2) is 6.94. The van der Waals surface area contributed by atoms with Gasteiger partial charge in [-0.3, -0.25) is 4.79 Å². The van der Waals surface area contributed by atoms with Gasteiger partial charge in [0.1, 0.15) is 5.75 Å². The summed E-state index contributed by atoms with van der Waals surface area (Å²) in [5.41, 5.74) is 0.617. The molecule has 2 atom stereocenters. The Hall–Kier alpha value is -1.03. The molecule has 1 N–H and O–H groups in total. The van der Waals surface area contributed by atoms with E-state index in [1.807, 2.05) is 18.2 Å². The van der Waals surface area contributed by atoms with Crippen molar-refractivity contribution in [3.05, 3.63) is 29.8 Å². The molecule has 1 saturated carbocycles. The highest BCUT2D eigenvalue weighted by molar-refractivity contribution is 9.09. The summed E-state index contributed by atoms with van der Waals surface area (Å²) in [6.07, 6.45) is 4.58. The van der Waals surface area contributed by atoms with E-state index in [1.165, 1.54) is 12.8 Å². The Bertz CT molecular complexity index is 436. The predicted molar refractivity (Wildman–Crippen MR) is 80.0 cm³/mol. The minimum atomic E-state index is -0.0299. The number of halogens is 1. The summed E-state index contributed by atoms with van der Waals surface area (Å²) in [7, 11) is 1.59. The average Bonchev–Trinajstić information content (AvgIpc) is 2.47. The fraction of sp³-hybridized carbons (Fsp3) is 0.533. The first-order valence-electron chi connectivity index (χ1n) is 6.74. The summed E-state index contributed by atoms with van der Waals surface area (Å²) in [4.78, 5) is 12.3. The molecule has 1 aromatic carbocycles. The number of nitrogens with one attached hydrogen (secondary N) is 1. The zero-order valence-corrected chi connectivity index (χ0v) is 12.8. The lowest BCUT2D eigenvalue weighted by atomic mass is 9.87. The molecule has 0 aliphatic heterocycles. The minimum absolute atomic E-state index is 0.0299. The SMILES string of the molecule is COc1ccccc1C(=O)NC1CCCC(CBr)C1. The number of hydrogen-bond acceptors (Lipinski definition) is 2. The first-order valence-corrected chi connectivity index (χ1v) is 7.86. The molecule has 1 fully saturated rings. The van der Waals surface area contributed by atoms with E-state index in [0.717, 1.165) is 18.2 Å². The number of para-hydroxylation sites is 1. The van der Waals surface area contributed by atoms with Gasteiger partial charge in [-0.1, -0.05) is 34.5 Å². The first-order chi connectivity index (χ1) is 9.24. The van der Waals surface area contributed by atoms with Gasteiger partial charge in [0.15, 0.2) is 0 Å². The summed E-state index contributed by atoms with van der Waals surface area (Å²) in [6, 6.07) is 7.64. The van der Waals surface area contributed by atoms with E-state index in [-0.39, 0.29) is 11.9 Å². The summed E-state index contributed by atoms with van der Waals surface area (Å²) in [6.45, 7) is 0. The first kappa shape index (κ1) is 14.4. The second-order valence-corrected chi connectivity index (χ2v) is 5.71. The average molecular weight is 326 g/mol. The maximum atomic E-state index is 12.3. The Morgan fingerprint density at radius 2 is 2.21 bits per heavy atom. The molecule has 1 aliphatic rings. The van der Waals surface area contributed by atoms with Crippen LogP contribution in [0.2, 0.25) is 0 Å². The maximum absolute atomic E-state index is 12.3. The molecule has 0 bridgehead atoms. The van der Waals surface area contributed by atoms with Gasteiger partial charge in [0.2, 0.25) is 0 Å². The molecule has 2 unspecified atom stereocenters. The number of rotatable bonds is 4. The Kier molecular flexibility index (Phi) is 5.25. The monoisotopic (exact) mass is 325 g/mol. The predicted octanol–water partition coefficient (Wildman–Crippen LogP) is 3.38. The fourth-order valence-electron chi connectivity index (χ4n) is 2.66. The summed E-state index contributed by atoms with van der Waals surface area (Å²) >= 11 is 3.54. The normalized spacial score (nSPS) is 22.8. The van der Waals surface area contributed by atoms with Gasteiger partial charge in [0.05, 0.1) is 12.7 Å². The molecular formula is C15H20BrNO2. The van der Waals surface area contributed by atoms with Crippen LogP contribution in [0.1, 0.15) is 36.0 Å². The second-order valence-electron chi connectivity index (χ2n) is 5.06. The van der Waals surface area contributed by atoms with Crippen molar-refractivity contribution in [3.8, 4) is 5.75 Å². The van der Waals surface area contributed by atoms with Crippen LogP contribution in [-0.4, -0.2) is 24.4 Å². The summed E-state index contributed by atoms with van der Waals surface area (Å²) < 4.78 is 5.23. The van der Waals surface area contributed by atoms with Crippen molar-refractivity contribution >= 4 is 21.8 Å². The number of methoxy groups -OCH3 is 1. The van der Waals surface area contributed by atoms with Gasteiger partial charge in [-0.15, -0.1) is 0 Å². The maximum Gasteiger partial charge on any atom is 0.255 e. The van der Waals surface area contributed by atoms with Crippen LogP contribution in [0, 0.1) is 5.92 Å². The van der Waals surface area contributed by atoms with Crippen molar-refractivity contribution < 1.29 is 9.53 Å². The fourth-order valence-corrected chi connectivity index (χ4v) is 3.25. The molecule has 104 valence electrons. The molecule has 0 heterocycles. The lowest BCUT2D eigenvalue weighted by Crippen LogP contribution is -2.38. The van der Waals surface area contributed by atoms with Crippen molar-refractivity contribution in [1.29, 1.82) is 0 Å². The number of carbonyl (C=O) groups is 1. The molecule has 2 rings (SSSR count). The lowest BCUT2D eigenvalue weighted by molar-refractivity contribution is 0.0919. The van der Waals surface area contributed by atoms with E-state index in [4.69, 9.17) is 4.74 Å². The van der Waals surface area contributed by atoms with Crippen molar-refractivity contribution in [3.63, 3.8) is 0 Å². The van der Waals surface area contributed by atoms with E-state index >= 15 is 0 Å². The Morgan fingerprint density at radius 3 is 2.95 bits per heavy atom. The molecule has 3 nitrogen and oxygen atoms in total. The minimum Gasteiger partial charge on any atom is -0.496 e. The summed E-state index contributed by atoms with van der Waals surface area (Å²) in [5.74, 6) is 1.28. The van der Waals surface area contributed by atoms with Crippen molar-refractivity contribution in [2.45, 2.75) is 31.7 Å². The molecule has 1 aliphatic carbocycles. The van der Waals surface area contributed by atoms with Gasteiger partial charge in [0.25, 0.3) is 5.91 Å². The van der Waals surface area contributed by atoms with E-state index in [0.29, 0.717) is 17.2 Å². The lowest BCUT2D eigenvalue weighted by Gasteiger charge is -2.28. The molecular weight excluding hydrogens is 306 g/mol. The summed E-state index contributed by atoms with van der Waals surface area (Å²) in [5, 5.41) is 4.16. The molecule has 1 aromatic rings. The zero-order chi connectivity index (χ0) is 13.7. The smallest absolute Gasteiger partial charge is 0.255 e. The van der Waals surface area contributed by atoms with Gasteiger partial charge in [0, 0.05) is 11.4 Å². The Balaban J connectivity index is 2.00. The van der Waals surface area contributed by atoms with E-state index in [1.54, 1.807) is 13.2 Å². The number of ether oxygens (including phenoxy) is 1. The van der Waals surface area contributed by atoms with Crippen LogP contribution in [0.4, 0.5) is 0 Å². The van der Waals surface area contributed by atoms with Crippen LogP contribution < -0.4 is 10.1 Å². The number of alkyl halides is 1. The quantitative estimate of drug-likeness (QED) is 0.862. The molecule has 0 aromatic heterocycles. The van der Waals surface area contributed by atoms with Crippen molar-refractivity contribution in [2.75, 3.05) is 12.4 Å². The van der Waals surface area contributed by atoms with E-state index < -0.39 is 0 Å². The zero-order valence-electron chi connectivity index (χ0n) is 11.2. The number of benzene rings is 1. The van der Waals surface area contributed by atoms with Crippen LogP contribution in [0.5, 0.6) is 5.75 Å². The van der Waals surface area contributed by atoms with Crippen LogP contribution in [0.25, 0.3) is 0 Å². The highest BCUT2D eigenvalue weighted by Gasteiger charge is 2.23. The van der Waals surface area contributed by atoms with Gasteiger partial charge >= 0.3 is 0 Å². The topological polar surface area (TPSA) is 38.3 Å². The van der Waals surface area contributed by atoms with Gasteiger partial charge < -0.3 is 10.1 Å². The van der Waals surface area contributed by atoms with Crippen molar-refractivity contribution in [2.24, 2.45) is 5.92 Å². The number of amides is 1. The molecule has 19 heavy (non-hydrogen) atoms. The standard InChI is InChI=1S/C15H20BrNO2/c1-19-14-8-3-2-7-13(14)15(18)17-12-6-4-5-11(9-12)10-16/h2-3,7-8,11-12H,4-6,9-10H2,1H3,(H,17,18). The van der Waals surface area contributed by atoms with Crippen LogP contribution in [0.15, 0.2) is 24.3 Å². The van der Waals surface area contributed by atoms with Crippen molar-refractivity contribution in [1.82, 2.24) is 5.32 Å². The Morgan fingerprint density at radius 1 is 1.42 bits per heavy atom. The molecule has 0 saturated heterocycles. The third kappa shape index (κ3) is 3.72. The third-order valence-electron chi connectivity index (χ3n) is 3.69. The molecule has 4 heteroatoms. The van der Waals surface area contributed by atoms with E-state index in [9.17, 15) is 4.79 Å². The van der Waals surface area contributed by atoms with Gasteiger partial charge in [-0.05, 0) is 37.3 Å². The highest BCUT2D eigenvalue weighted by atomic mass is 79.9. The van der Waals surface area contributed by atoms with Crippen LogP contribution in [-0.2, 0) is 0 Å². The number of hydrogen-bond donors (Lipinski definition) is 1. The Labute approximate surface area is 122 Å². The largest absolute Gasteiger partial charge is 0.496 e. The molecule has 1 amide bonds. The highest BCUT2D eigenvalue weighted by Crippen LogP contribution is 2.26. The van der Waals surface area contributed by atoms with Crippen LogP contribution in [0.3, 0.4) is 0 Å². The van der Waals surface area contributed by atoms with Gasteiger partial charge in [-0.2, -0.15) is 0 Å². The van der Waals surface area contributed by atoms with Crippen LogP contribution >= 0.6 is 15.9 Å². The number of carbonyl (C=O) groups excluding carboxylic acids is 1. The molecule has 0 radical (unpaired) electrons. The third-order valence-corrected chi connectivity index (χ3v) is 4.60. The molecule has 0 spiro atoms.